The van der Waals surface area contributed by atoms with Gasteiger partial charge >= 0.3 is 0 Å². The smallest absolute Gasteiger partial charge is 0.258 e. The lowest BCUT2D eigenvalue weighted by molar-refractivity contribution is -0.384. The highest BCUT2D eigenvalue weighted by Crippen LogP contribution is 2.31. The van der Waals surface area contributed by atoms with Crippen molar-refractivity contribution in [2.75, 3.05) is 0 Å². The maximum atomic E-state index is 10.7. The SMILES string of the molecule is CCc1ncc2c(Cl)c([N+](=O)[O-])ccc2n1. The van der Waals surface area contributed by atoms with Crippen LogP contribution in [0.1, 0.15) is 12.7 Å². The number of hydrogen-bond donors (Lipinski definition) is 0. The molecule has 0 unspecified atom stereocenters. The molecule has 0 aliphatic rings. The summed E-state index contributed by atoms with van der Waals surface area (Å²) in [6, 6.07) is 2.94. The Morgan fingerprint density at radius 3 is 2.88 bits per heavy atom. The van der Waals surface area contributed by atoms with E-state index in [0.29, 0.717) is 23.1 Å². The quantitative estimate of drug-likeness (QED) is 0.595. The first-order chi connectivity index (χ1) is 7.63. The molecular formula is C10H8ClN3O2. The predicted octanol–water partition coefficient (Wildman–Crippen LogP) is 2.75. The minimum absolute atomic E-state index is 0.0881. The third-order valence-electron chi connectivity index (χ3n) is 2.24. The fraction of sp³-hybridized carbons (Fsp3) is 0.200. The van der Waals surface area contributed by atoms with Crippen molar-refractivity contribution >= 4 is 28.2 Å². The molecule has 0 radical (unpaired) electrons. The molecule has 2 aromatic rings. The monoisotopic (exact) mass is 237 g/mol. The van der Waals surface area contributed by atoms with E-state index in [1.54, 1.807) is 6.07 Å². The zero-order chi connectivity index (χ0) is 11.7. The number of aryl methyl sites for hydroxylation is 1. The second kappa shape index (κ2) is 4.02. The molecule has 0 spiro atoms. The average molecular weight is 238 g/mol. The van der Waals surface area contributed by atoms with Gasteiger partial charge in [0.1, 0.15) is 10.8 Å². The van der Waals surface area contributed by atoms with Crippen LogP contribution in [0.3, 0.4) is 0 Å². The second-order valence-electron chi connectivity index (χ2n) is 3.23. The van der Waals surface area contributed by atoms with Crippen LogP contribution >= 0.6 is 11.6 Å². The van der Waals surface area contributed by atoms with Crippen LogP contribution in [-0.4, -0.2) is 14.9 Å². The van der Waals surface area contributed by atoms with Gasteiger partial charge in [-0.25, -0.2) is 9.97 Å². The highest BCUT2D eigenvalue weighted by atomic mass is 35.5. The van der Waals surface area contributed by atoms with E-state index in [9.17, 15) is 10.1 Å². The zero-order valence-electron chi connectivity index (χ0n) is 8.48. The molecule has 0 saturated carbocycles. The van der Waals surface area contributed by atoms with Crippen LogP contribution in [0, 0.1) is 10.1 Å². The van der Waals surface area contributed by atoms with Crippen molar-refractivity contribution in [2.45, 2.75) is 13.3 Å². The van der Waals surface area contributed by atoms with Gasteiger partial charge in [-0.3, -0.25) is 10.1 Å². The van der Waals surface area contributed by atoms with Gasteiger partial charge in [0.05, 0.1) is 10.4 Å². The van der Waals surface area contributed by atoms with Crippen LogP contribution in [0.15, 0.2) is 18.3 Å². The molecule has 6 heteroatoms. The van der Waals surface area contributed by atoms with Gasteiger partial charge in [0.2, 0.25) is 0 Å². The zero-order valence-corrected chi connectivity index (χ0v) is 9.23. The van der Waals surface area contributed by atoms with Gasteiger partial charge in [0.25, 0.3) is 5.69 Å². The van der Waals surface area contributed by atoms with Crippen LogP contribution in [-0.2, 0) is 6.42 Å². The fourth-order valence-corrected chi connectivity index (χ4v) is 1.69. The summed E-state index contributed by atoms with van der Waals surface area (Å²) in [6.45, 7) is 1.94. The Hall–Kier alpha value is -1.75. The lowest BCUT2D eigenvalue weighted by Gasteiger charge is -2.02. The van der Waals surface area contributed by atoms with E-state index < -0.39 is 4.92 Å². The van der Waals surface area contributed by atoms with Crippen LogP contribution < -0.4 is 0 Å². The van der Waals surface area contributed by atoms with Crippen molar-refractivity contribution in [3.63, 3.8) is 0 Å². The third kappa shape index (κ3) is 1.69. The first kappa shape index (κ1) is 10.8. The average Bonchev–Trinajstić information content (AvgIpc) is 2.28. The molecule has 0 fully saturated rings. The summed E-state index contributed by atoms with van der Waals surface area (Å²) < 4.78 is 0. The Bertz CT molecular complexity index is 571. The van der Waals surface area contributed by atoms with Crippen LogP contribution in [0.25, 0.3) is 10.9 Å². The number of nitrogens with zero attached hydrogens (tertiary/aromatic N) is 3. The molecule has 0 aliphatic carbocycles. The van der Waals surface area contributed by atoms with E-state index in [-0.39, 0.29) is 10.7 Å². The van der Waals surface area contributed by atoms with Crippen LogP contribution in [0.5, 0.6) is 0 Å². The summed E-state index contributed by atoms with van der Waals surface area (Å²) in [5, 5.41) is 11.3. The van der Waals surface area contributed by atoms with Crippen molar-refractivity contribution in [2.24, 2.45) is 0 Å². The van der Waals surface area contributed by atoms with E-state index in [0.717, 1.165) is 0 Å². The number of fused-ring (bicyclic) bond motifs is 1. The Balaban J connectivity index is 2.71. The lowest BCUT2D eigenvalue weighted by Crippen LogP contribution is -1.95. The van der Waals surface area contributed by atoms with E-state index in [1.807, 2.05) is 6.92 Å². The normalized spacial score (nSPS) is 10.6. The molecule has 0 amide bonds. The summed E-state index contributed by atoms with van der Waals surface area (Å²) in [6.07, 6.45) is 2.24. The molecule has 1 heterocycles. The van der Waals surface area contributed by atoms with Crippen LogP contribution in [0.2, 0.25) is 5.02 Å². The summed E-state index contributed by atoms with van der Waals surface area (Å²) in [5.41, 5.74) is 0.504. The summed E-state index contributed by atoms with van der Waals surface area (Å²) >= 11 is 5.91. The van der Waals surface area contributed by atoms with Crippen molar-refractivity contribution in [1.29, 1.82) is 0 Å². The Kier molecular flexibility index (Phi) is 2.70. The number of aromatic nitrogens is 2. The predicted molar refractivity (Wildman–Crippen MR) is 60.6 cm³/mol. The molecule has 2 rings (SSSR count). The number of nitro benzene ring substituents is 1. The molecule has 5 nitrogen and oxygen atoms in total. The first-order valence-corrected chi connectivity index (χ1v) is 5.09. The topological polar surface area (TPSA) is 68.9 Å². The number of rotatable bonds is 2. The van der Waals surface area contributed by atoms with Gasteiger partial charge in [-0.1, -0.05) is 18.5 Å². The highest BCUT2D eigenvalue weighted by molar-refractivity contribution is 6.37. The van der Waals surface area contributed by atoms with Gasteiger partial charge in [-0.2, -0.15) is 0 Å². The van der Waals surface area contributed by atoms with Crippen molar-refractivity contribution in [3.8, 4) is 0 Å². The molecular weight excluding hydrogens is 230 g/mol. The molecule has 16 heavy (non-hydrogen) atoms. The number of nitro groups is 1. The third-order valence-corrected chi connectivity index (χ3v) is 2.64. The minimum atomic E-state index is -0.518. The Morgan fingerprint density at radius 2 is 2.25 bits per heavy atom. The minimum Gasteiger partial charge on any atom is -0.258 e. The second-order valence-corrected chi connectivity index (χ2v) is 3.61. The van der Waals surface area contributed by atoms with E-state index in [1.165, 1.54) is 12.3 Å². The lowest BCUT2D eigenvalue weighted by atomic mass is 10.2. The standard InChI is InChI=1S/C10H8ClN3O2/c1-2-9-12-5-6-7(13-9)3-4-8(10(6)11)14(15)16/h3-5H,2H2,1H3. The summed E-state index contributed by atoms with van der Waals surface area (Å²) in [4.78, 5) is 18.5. The molecule has 0 bridgehead atoms. The fourth-order valence-electron chi connectivity index (χ4n) is 1.41. The highest BCUT2D eigenvalue weighted by Gasteiger charge is 2.15. The molecule has 0 N–H and O–H groups in total. The van der Waals surface area contributed by atoms with Gasteiger partial charge in [0, 0.05) is 24.1 Å². The molecule has 1 aromatic carbocycles. The molecule has 0 saturated heterocycles. The van der Waals surface area contributed by atoms with Crippen LogP contribution in [0.4, 0.5) is 5.69 Å². The van der Waals surface area contributed by atoms with Gasteiger partial charge < -0.3 is 0 Å². The van der Waals surface area contributed by atoms with Gasteiger partial charge in [0.15, 0.2) is 0 Å². The summed E-state index contributed by atoms with van der Waals surface area (Å²) in [5.74, 6) is 0.692. The van der Waals surface area contributed by atoms with E-state index in [4.69, 9.17) is 11.6 Å². The molecule has 0 aliphatic heterocycles. The largest absolute Gasteiger partial charge is 0.288 e. The van der Waals surface area contributed by atoms with E-state index in [2.05, 4.69) is 9.97 Å². The molecule has 1 aromatic heterocycles. The summed E-state index contributed by atoms with van der Waals surface area (Å²) in [7, 11) is 0. The number of benzene rings is 1. The van der Waals surface area contributed by atoms with Crippen molar-refractivity contribution in [3.05, 3.63) is 39.3 Å². The Morgan fingerprint density at radius 1 is 1.50 bits per heavy atom. The first-order valence-electron chi connectivity index (χ1n) is 4.72. The van der Waals surface area contributed by atoms with Crippen molar-refractivity contribution < 1.29 is 4.92 Å². The van der Waals surface area contributed by atoms with Gasteiger partial charge in [-0.15, -0.1) is 0 Å². The Labute approximate surface area is 96.2 Å². The van der Waals surface area contributed by atoms with Crippen molar-refractivity contribution in [1.82, 2.24) is 9.97 Å². The van der Waals surface area contributed by atoms with E-state index >= 15 is 0 Å². The maximum Gasteiger partial charge on any atom is 0.288 e. The van der Waals surface area contributed by atoms with Gasteiger partial charge in [-0.05, 0) is 6.07 Å². The number of hydrogen-bond acceptors (Lipinski definition) is 4. The maximum absolute atomic E-state index is 10.7. The number of halogens is 1. The molecule has 82 valence electrons. The molecule has 0 atom stereocenters.